The molecule has 3 nitrogen and oxygen atoms in total. The van der Waals surface area contributed by atoms with Crippen LogP contribution in [0, 0.1) is 12.7 Å². The second kappa shape index (κ2) is 6.05. The standard InChI is InChI=1S/C15H16FNO2S/c1-10-7-13(5-6-15(10)17)20(18)9-11-3-4-12(19-2)8-14(11)16/h3-8H,9,17H2,1-2H3. The van der Waals surface area contributed by atoms with Crippen molar-refractivity contribution in [3.8, 4) is 5.75 Å². The van der Waals surface area contributed by atoms with Crippen LogP contribution in [-0.2, 0) is 16.6 Å². The minimum absolute atomic E-state index is 0.124. The fourth-order valence-electron chi connectivity index (χ4n) is 1.79. The summed E-state index contributed by atoms with van der Waals surface area (Å²) in [7, 11) is 0.168. The Labute approximate surface area is 120 Å². The molecule has 0 spiro atoms. The summed E-state index contributed by atoms with van der Waals surface area (Å²) in [6.07, 6.45) is 0. The van der Waals surface area contributed by atoms with E-state index < -0.39 is 16.6 Å². The lowest BCUT2D eigenvalue weighted by atomic mass is 10.2. The molecule has 0 fully saturated rings. The number of nitrogens with two attached hydrogens (primary N) is 1. The molecule has 20 heavy (non-hydrogen) atoms. The zero-order chi connectivity index (χ0) is 14.7. The molecule has 0 saturated heterocycles. The zero-order valence-corrected chi connectivity index (χ0v) is 12.2. The molecule has 0 aliphatic rings. The Morgan fingerprint density at radius 2 is 2.00 bits per heavy atom. The van der Waals surface area contributed by atoms with Crippen molar-refractivity contribution in [1.29, 1.82) is 0 Å². The van der Waals surface area contributed by atoms with Gasteiger partial charge in [-0.3, -0.25) is 4.21 Å². The Bertz CT molecular complexity index is 658. The summed E-state index contributed by atoms with van der Waals surface area (Å²) in [5.74, 6) is 0.157. The monoisotopic (exact) mass is 293 g/mol. The van der Waals surface area contributed by atoms with E-state index >= 15 is 0 Å². The molecule has 2 aromatic carbocycles. The molecule has 5 heteroatoms. The van der Waals surface area contributed by atoms with E-state index in [0.717, 1.165) is 5.56 Å². The normalized spacial score (nSPS) is 12.2. The third-order valence-corrected chi connectivity index (χ3v) is 4.40. The molecule has 0 bridgehead atoms. The van der Waals surface area contributed by atoms with Crippen LogP contribution in [-0.4, -0.2) is 11.3 Å². The largest absolute Gasteiger partial charge is 0.497 e. The molecule has 2 aromatic rings. The van der Waals surface area contributed by atoms with Crippen LogP contribution < -0.4 is 10.5 Å². The Morgan fingerprint density at radius 1 is 1.25 bits per heavy atom. The molecule has 106 valence electrons. The minimum atomic E-state index is -1.31. The van der Waals surface area contributed by atoms with Gasteiger partial charge in [0, 0.05) is 22.2 Å². The van der Waals surface area contributed by atoms with E-state index in [-0.39, 0.29) is 5.75 Å². The van der Waals surface area contributed by atoms with Gasteiger partial charge in [0.05, 0.1) is 23.7 Å². The fraction of sp³-hybridized carbons (Fsp3) is 0.200. The molecule has 0 radical (unpaired) electrons. The number of nitrogen functional groups attached to an aromatic ring is 1. The molecule has 1 atom stereocenters. The van der Waals surface area contributed by atoms with Crippen molar-refractivity contribution in [2.45, 2.75) is 17.6 Å². The third-order valence-electron chi connectivity index (χ3n) is 3.05. The smallest absolute Gasteiger partial charge is 0.131 e. The highest BCUT2D eigenvalue weighted by Gasteiger charge is 2.11. The third kappa shape index (κ3) is 3.17. The van der Waals surface area contributed by atoms with Crippen molar-refractivity contribution in [2.24, 2.45) is 0 Å². The van der Waals surface area contributed by atoms with Crippen molar-refractivity contribution in [3.63, 3.8) is 0 Å². The van der Waals surface area contributed by atoms with E-state index in [1.807, 2.05) is 6.92 Å². The Balaban J connectivity index is 2.21. The average Bonchev–Trinajstić information content (AvgIpc) is 2.43. The molecule has 0 heterocycles. The summed E-state index contributed by atoms with van der Waals surface area (Å²) < 4.78 is 31.0. The maximum atomic E-state index is 13.8. The van der Waals surface area contributed by atoms with Gasteiger partial charge in [0.15, 0.2) is 0 Å². The van der Waals surface area contributed by atoms with Crippen LogP contribution in [0.3, 0.4) is 0 Å². The highest BCUT2D eigenvalue weighted by Crippen LogP contribution is 2.21. The second-order valence-electron chi connectivity index (χ2n) is 4.47. The maximum Gasteiger partial charge on any atom is 0.131 e. The van der Waals surface area contributed by atoms with Crippen LogP contribution in [0.2, 0.25) is 0 Å². The lowest BCUT2D eigenvalue weighted by Crippen LogP contribution is -2.01. The van der Waals surface area contributed by atoms with E-state index in [2.05, 4.69) is 0 Å². The lowest BCUT2D eigenvalue weighted by molar-refractivity contribution is 0.411. The van der Waals surface area contributed by atoms with E-state index in [0.29, 0.717) is 21.9 Å². The number of benzene rings is 2. The number of ether oxygens (including phenoxy) is 1. The summed E-state index contributed by atoms with van der Waals surface area (Å²) in [5.41, 5.74) is 7.65. The first-order chi connectivity index (χ1) is 9.51. The van der Waals surface area contributed by atoms with Gasteiger partial charge in [-0.2, -0.15) is 0 Å². The van der Waals surface area contributed by atoms with E-state index in [9.17, 15) is 8.60 Å². The Kier molecular flexibility index (Phi) is 4.39. The molecule has 2 rings (SSSR count). The van der Waals surface area contributed by atoms with Gasteiger partial charge in [0.1, 0.15) is 11.6 Å². The quantitative estimate of drug-likeness (QED) is 0.882. The fourth-order valence-corrected chi connectivity index (χ4v) is 3.00. The second-order valence-corrected chi connectivity index (χ2v) is 5.92. The number of hydrogen-bond acceptors (Lipinski definition) is 3. The van der Waals surface area contributed by atoms with Gasteiger partial charge < -0.3 is 10.5 Å². The van der Waals surface area contributed by atoms with Gasteiger partial charge in [-0.15, -0.1) is 0 Å². The number of aryl methyl sites for hydroxylation is 1. The number of rotatable bonds is 4. The molecule has 0 saturated carbocycles. The summed E-state index contributed by atoms with van der Waals surface area (Å²) in [4.78, 5) is 0.645. The molecule has 0 aliphatic heterocycles. The Hall–Kier alpha value is -1.88. The van der Waals surface area contributed by atoms with Crippen LogP contribution >= 0.6 is 0 Å². The van der Waals surface area contributed by atoms with Crippen LogP contribution in [0.5, 0.6) is 5.75 Å². The van der Waals surface area contributed by atoms with Gasteiger partial charge in [-0.05, 0) is 36.8 Å². The predicted octanol–water partition coefficient (Wildman–Crippen LogP) is 3.03. The SMILES string of the molecule is COc1ccc(CS(=O)c2ccc(N)c(C)c2)c(F)c1. The maximum absolute atomic E-state index is 13.8. The number of methoxy groups -OCH3 is 1. The molecule has 0 amide bonds. The van der Waals surface area contributed by atoms with Crippen LogP contribution in [0.15, 0.2) is 41.3 Å². The summed E-state index contributed by atoms with van der Waals surface area (Å²) in [6, 6.07) is 9.74. The lowest BCUT2D eigenvalue weighted by Gasteiger charge is -2.07. The summed E-state index contributed by atoms with van der Waals surface area (Å²) >= 11 is 0. The highest BCUT2D eigenvalue weighted by molar-refractivity contribution is 7.84. The van der Waals surface area contributed by atoms with Gasteiger partial charge >= 0.3 is 0 Å². The van der Waals surface area contributed by atoms with E-state index in [1.165, 1.54) is 13.2 Å². The summed E-state index contributed by atoms with van der Waals surface area (Å²) in [6.45, 7) is 1.85. The van der Waals surface area contributed by atoms with Gasteiger partial charge in [-0.1, -0.05) is 6.07 Å². The molecule has 0 aliphatic carbocycles. The topological polar surface area (TPSA) is 52.3 Å². The van der Waals surface area contributed by atoms with Crippen molar-refractivity contribution in [3.05, 3.63) is 53.3 Å². The molecular weight excluding hydrogens is 277 g/mol. The molecule has 1 unspecified atom stereocenters. The van der Waals surface area contributed by atoms with Crippen molar-refractivity contribution >= 4 is 16.5 Å². The molecule has 0 aromatic heterocycles. The average molecular weight is 293 g/mol. The summed E-state index contributed by atoms with van der Waals surface area (Å²) in [5, 5.41) is 0. The van der Waals surface area contributed by atoms with Gasteiger partial charge in [0.25, 0.3) is 0 Å². The molecule has 2 N–H and O–H groups in total. The van der Waals surface area contributed by atoms with Crippen molar-refractivity contribution < 1.29 is 13.3 Å². The van der Waals surface area contributed by atoms with Crippen LogP contribution in [0.25, 0.3) is 0 Å². The van der Waals surface area contributed by atoms with Crippen molar-refractivity contribution in [1.82, 2.24) is 0 Å². The first kappa shape index (κ1) is 14.5. The minimum Gasteiger partial charge on any atom is -0.497 e. The number of halogens is 1. The van der Waals surface area contributed by atoms with Crippen molar-refractivity contribution in [2.75, 3.05) is 12.8 Å². The van der Waals surface area contributed by atoms with Gasteiger partial charge in [0.2, 0.25) is 0 Å². The Morgan fingerprint density at radius 3 is 2.60 bits per heavy atom. The predicted molar refractivity (Wildman–Crippen MR) is 78.7 cm³/mol. The number of hydrogen-bond donors (Lipinski definition) is 1. The van der Waals surface area contributed by atoms with Crippen LogP contribution in [0.4, 0.5) is 10.1 Å². The van der Waals surface area contributed by atoms with Crippen LogP contribution in [0.1, 0.15) is 11.1 Å². The van der Waals surface area contributed by atoms with E-state index in [4.69, 9.17) is 10.5 Å². The first-order valence-corrected chi connectivity index (χ1v) is 7.40. The highest BCUT2D eigenvalue weighted by atomic mass is 32.2. The van der Waals surface area contributed by atoms with Gasteiger partial charge in [-0.25, -0.2) is 4.39 Å². The molecular formula is C15H16FNO2S. The zero-order valence-electron chi connectivity index (χ0n) is 11.4. The first-order valence-electron chi connectivity index (χ1n) is 6.08. The number of anilines is 1. The van der Waals surface area contributed by atoms with E-state index in [1.54, 1.807) is 30.3 Å².